The van der Waals surface area contributed by atoms with Gasteiger partial charge in [-0.3, -0.25) is 0 Å². The molecule has 7 nitrogen and oxygen atoms in total. The van der Waals surface area contributed by atoms with Crippen molar-refractivity contribution in [2.45, 2.75) is 38.3 Å². The van der Waals surface area contributed by atoms with Gasteiger partial charge in [0, 0.05) is 40.5 Å². The van der Waals surface area contributed by atoms with E-state index in [0.717, 1.165) is 29.8 Å². The zero-order chi connectivity index (χ0) is 26.2. The van der Waals surface area contributed by atoms with Crippen molar-refractivity contribution < 1.29 is 19.0 Å². The normalized spacial score (nSPS) is 16.1. The summed E-state index contributed by atoms with van der Waals surface area (Å²) in [4.78, 5) is 17.6. The Labute approximate surface area is 226 Å². The van der Waals surface area contributed by atoms with Crippen LogP contribution >= 0.6 is 11.3 Å². The van der Waals surface area contributed by atoms with Gasteiger partial charge in [-0.2, -0.15) is 0 Å². The molecule has 4 aromatic rings. The summed E-state index contributed by atoms with van der Waals surface area (Å²) in [5.41, 5.74) is 5.33. The van der Waals surface area contributed by atoms with E-state index in [1.165, 1.54) is 33.8 Å². The van der Waals surface area contributed by atoms with Gasteiger partial charge < -0.3 is 29.0 Å². The number of methoxy groups -OCH3 is 3. The third kappa shape index (κ3) is 4.28. The lowest BCUT2D eigenvalue weighted by Crippen LogP contribution is -2.38. The van der Waals surface area contributed by atoms with E-state index in [2.05, 4.69) is 34.3 Å². The summed E-state index contributed by atoms with van der Waals surface area (Å²) in [6, 6.07) is 17.1. The van der Waals surface area contributed by atoms with E-state index >= 15 is 0 Å². The average Bonchev–Trinajstić information content (AvgIpc) is 3.54. The highest BCUT2D eigenvalue weighted by Crippen LogP contribution is 2.44. The van der Waals surface area contributed by atoms with E-state index in [9.17, 15) is 4.79 Å². The highest BCUT2D eigenvalue weighted by Gasteiger charge is 2.36. The van der Waals surface area contributed by atoms with Crippen LogP contribution in [0.5, 0.6) is 17.2 Å². The maximum absolute atomic E-state index is 14.2. The van der Waals surface area contributed by atoms with Gasteiger partial charge >= 0.3 is 6.03 Å². The van der Waals surface area contributed by atoms with E-state index in [1.807, 2.05) is 34.4 Å². The topological polar surface area (TPSA) is 65.0 Å². The fourth-order valence-corrected chi connectivity index (χ4v) is 7.03. The predicted octanol–water partition coefficient (Wildman–Crippen LogP) is 6.58. The van der Waals surface area contributed by atoms with Gasteiger partial charge in [0.15, 0.2) is 0 Å². The highest BCUT2D eigenvalue weighted by atomic mass is 32.1. The molecule has 0 fully saturated rings. The quantitative estimate of drug-likeness (QED) is 0.317. The van der Waals surface area contributed by atoms with E-state index in [0.29, 0.717) is 23.7 Å². The average molecular weight is 530 g/mol. The molecule has 2 aromatic heterocycles. The van der Waals surface area contributed by atoms with Crippen LogP contribution < -0.4 is 19.5 Å². The first kappa shape index (κ1) is 24.4. The van der Waals surface area contributed by atoms with Crippen molar-refractivity contribution in [3.63, 3.8) is 0 Å². The second kappa shape index (κ2) is 10.1. The molecule has 1 aliphatic heterocycles. The molecule has 2 amide bonds. The summed E-state index contributed by atoms with van der Waals surface area (Å²) in [6.07, 6.45) is 6.70. The third-order valence-electron chi connectivity index (χ3n) is 7.45. The molecule has 0 saturated heterocycles. The van der Waals surface area contributed by atoms with Gasteiger partial charge in [0.05, 0.1) is 39.6 Å². The molecule has 1 N–H and O–H groups in total. The Morgan fingerprint density at radius 2 is 1.66 bits per heavy atom. The largest absolute Gasteiger partial charge is 0.497 e. The standard InChI is InChI=1S/C30H31N3O4S/c1-35-21-9-6-8-19(14-21)28-26-11-7-13-32(26)29-25(24-10-4-5-12-27(24)38-29)18-33(28)30(34)31-20-15-22(36-2)17-23(16-20)37-3/h6-9,11,13-17,28H,4-5,10,12,18H2,1-3H3,(H,31,34). The lowest BCUT2D eigenvalue weighted by molar-refractivity contribution is 0.194. The Morgan fingerprint density at radius 1 is 0.895 bits per heavy atom. The number of thiophene rings is 1. The molecule has 0 radical (unpaired) electrons. The molecular weight excluding hydrogens is 498 g/mol. The molecule has 0 bridgehead atoms. The summed E-state index contributed by atoms with van der Waals surface area (Å²) in [5.74, 6) is 1.99. The number of carbonyl (C=O) groups excluding carboxylic acids is 1. The predicted molar refractivity (Wildman–Crippen MR) is 149 cm³/mol. The molecule has 196 valence electrons. The molecule has 2 aliphatic rings. The van der Waals surface area contributed by atoms with Crippen LogP contribution in [0.15, 0.2) is 60.8 Å². The van der Waals surface area contributed by atoms with Gasteiger partial charge in [0.1, 0.15) is 22.2 Å². The molecule has 1 unspecified atom stereocenters. The number of anilines is 1. The Balaban J connectivity index is 1.48. The van der Waals surface area contributed by atoms with E-state index in [1.54, 1.807) is 39.5 Å². The van der Waals surface area contributed by atoms with Crippen LogP contribution in [-0.2, 0) is 19.4 Å². The smallest absolute Gasteiger partial charge is 0.322 e. The SMILES string of the molecule is COc1cc(NC(=O)N2Cc3c(sc4c3CCCC4)-n3cccc3C2c2cccc(OC)c2)cc(OC)c1. The van der Waals surface area contributed by atoms with Gasteiger partial charge in [0.25, 0.3) is 0 Å². The summed E-state index contributed by atoms with van der Waals surface area (Å²) in [7, 11) is 4.87. The van der Waals surface area contributed by atoms with Crippen molar-refractivity contribution in [1.82, 2.24) is 9.47 Å². The number of aryl methyl sites for hydroxylation is 1. The minimum atomic E-state index is -0.313. The summed E-state index contributed by atoms with van der Waals surface area (Å²) < 4.78 is 18.7. The second-order valence-corrected chi connectivity index (χ2v) is 10.7. The van der Waals surface area contributed by atoms with Crippen molar-refractivity contribution >= 4 is 23.1 Å². The molecule has 6 rings (SSSR count). The van der Waals surface area contributed by atoms with Crippen LogP contribution in [0, 0.1) is 0 Å². The number of fused-ring (bicyclic) bond motifs is 5. The lowest BCUT2D eigenvalue weighted by atomic mass is 9.95. The number of aromatic nitrogens is 1. The fraction of sp³-hybridized carbons (Fsp3) is 0.300. The van der Waals surface area contributed by atoms with Crippen LogP contribution in [0.4, 0.5) is 10.5 Å². The van der Waals surface area contributed by atoms with Crippen molar-refractivity contribution in [2.75, 3.05) is 26.6 Å². The first-order valence-electron chi connectivity index (χ1n) is 12.8. The molecular formula is C30H31N3O4S. The third-order valence-corrected chi connectivity index (χ3v) is 8.79. The number of nitrogens with one attached hydrogen (secondary N) is 1. The number of benzene rings is 2. The molecule has 1 aliphatic carbocycles. The lowest BCUT2D eigenvalue weighted by Gasteiger charge is -2.31. The van der Waals surface area contributed by atoms with Crippen molar-refractivity contribution in [2.24, 2.45) is 0 Å². The molecule has 0 saturated carbocycles. The zero-order valence-corrected chi connectivity index (χ0v) is 22.6. The molecule has 1 atom stereocenters. The number of amides is 2. The van der Waals surface area contributed by atoms with Gasteiger partial charge in [-0.25, -0.2) is 4.79 Å². The van der Waals surface area contributed by atoms with Gasteiger partial charge in [0.2, 0.25) is 0 Å². The minimum Gasteiger partial charge on any atom is -0.497 e. The van der Waals surface area contributed by atoms with Crippen LogP contribution in [0.25, 0.3) is 5.00 Å². The number of ether oxygens (including phenoxy) is 3. The van der Waals surface area contributed by atoms with Crippen LogP contribution in [0.2, 0.25) is 0 Å². The molecule has 3 heterocycles. The molecule has 8 heteroatoms. The van der Waals surface area contributed by atoms with Crippen molar-refractivity contribution in [3.8, 4) is 22.2 Å². The first-order chi connectivity index (χ1) is 18.6. The maximum Gasteiger partial charge on any atom is 0.322 e. The van der Waals surface area contributed by atoms with Gasteiger partial charge in [-0.15, -0.1) is 11.3 Å². The minimum absolute atomic E-state index is 0.190. The Kier molecular flexibility index (Phi) is 6.49. The summed E-state index contributed by atoms with van der Waals surface area (Å²) in [6.45, 7) is 0.512. The maximum atomic E-state index is 14.2. The number of hydrogen-bond donors (Lipinski definition) is 1. The highest BCUT2D eigenvalue weighted by molar-refractivity contribution is 7.15. The molecule has 38 heavy (non-hydrogen) atoms. The monoisotopic (exact) mass is 529 g/mol. The Hall–Kier alpha value is -3.91. The molecule has 2 aromatic carbocycles. The van der Waals surface area contributed by atoms with E-state index < -0.39 is 0 Å². The van der Waals surface area contributed by atoms with Crippen LogP contribution in [0.3, 0.4) is 0 Å². The van der Waals surface area contributed by atoms with Crippen molar-refractivity contribution in [3.05, 3.63) is 88.1 Å². The van der Waals surface area contributed by atoms with E-state index in [-0.39, 0.29) is 12.1 Å². The van der Waals surface area contributed by atoms with Crippen molar-refractivity contribution in [1.29, 1.82) is 0 Å². The Bertz CT molecular complexity index is 1470. The fourth-order valence-electron chi connectivity index (χ4n) is 5.62. The summed E-state index contributed by atoms with van der Waals surface area (Å²) >= 11 is 1.88. The summed E-state index contributed by atoms with van der Waals surface area (Å²) in [5, 5.41) is 4.36. The zero-order valence-electron chi connectivity index (χ0n) is 21.8. The van der Waals surface area contributed by atoms with E-state index in [4.69, 9.17) is 14.2 Å². The number of nitrogens with zero attached hydrogens (tertiary/aromatic N) is 2. The number of carbonyl (C=O) groups is 1. The van der Waals surface area contributed by atoms with Crippen LogP contribution in [-0.4, -0.2) is 36.8 Å². The van der Waals surface area contributed by atoms with Gasteiger partial charge in [-0.05, 0) is 61.1 Å². The van der Waals surface area contributed by atoms with Gasteiger partial charge in [-0.1, -0.05) is 12.1 Å². The number of urea groups is 1. The number of rotatable bonds is 5. The van der Waals surface area contributed by atoms with Crippen LogP contribution in [0.1, 0.15) is 46.1 Å². The second-order valence-electron chi connectivity index (χ2n) is 9.64. The Morgan fingerprint density at radius 3 is 2.42 bits per heavy atom. The number of hydrogen-bond acceptors (Lipinski definition) is 5. The molecule has 0 spiro atoms. The first-order valence-corrected chi connectivity index (χ1v) is 13.7.